The molecule has 168 valence electrons. The molecule has 0 spiro atoms. The highest BCUT2D eigenvalue weighted by molar-refractivity contribution is 7.07. The molecule has 0 aromatic carbocycles. The Kier molecular flexibility index (Phi) is 13.2. The van der Waals surface area contributed by atoms with Crippen LogP contribution in [0.3, 0.4) is 0 Å². The van der Waals surface area contributed by atoms with Crippen LogP contribution in [-0.2, 0) is 17.9 Å². The molecule has 0 fully saturated rings. The van der Waals surface area contributed by atoms with E-state index in [1.54, 1.807) is 17.5 Å². The van der Waals surface area contributed by atoms with Crippen molar-refractivity contribution in [3.63, 3.8) is 0 Å². The van der Waals surface area contributed by atoms with Crippen LogP contribution in [0.5, 0.6) is 0 Å². The predicted molar refractivity (Wildman–Crippen MR) is 128 cm³/mol. The van der Waals surface area contributed by atoms with E-state index < -0.39 is 0 Å². The summed E-state index contributed by atoms with van der Waals surface area (Å²) in [4.78, 5) is 19.0. The molecule has 2 heterocycles. The number of imidazole rings is 1. The zero-order valence-corrected chi connectivity index (χ0v) is 19.8. The fourth-order valence-electron chi connectivity index (χ4n) is 3.86. The van der Waals surface area contributed by atoms with Crippen LogP contribution in [0, 0.1) is 0 Å². The lowest BCUT2D eigenvalue weighted by molar-refractivity contribution is -0.132. The van der Waals surface area contributed by atoms with Gasteiger partial charge in [-0.2, -0.15) is 11.3 Å². The topological polar surface area (TPSA) is 38.1 Å². The Hall–Kier alpha value is -1.62. The van der Waals surface area contributed by atoms with Crippen molar-refractivity contribution in [3.05, 3.63) is 41.1 Å². The first-order valence-corrected chi connectivity index (χ1v) is 13.0. The molecule has 0 saturated heterocycles. The van der Waals surface area contributed by atoms with Crippen LogP contribution in [0.2, 0.25) is 0 Å². The Labute approximate surface area is 187 Å². The van der Waals surface area contributed by atoms with Crippen LogP contribution >= 0.6 is 11.3 Å². The van der Waals surface area contributed by atoms with Crippen LogP contribution in [0.15, 0.2) is 35.5 Å². The van der Waals surface area contributed by atoms with Crippen molar-refractivity contribution in [1.29, 1.82) is 0 Å². The zero-order chi connectivity index (χ0) is 21.3. The van der Waals surface area contributed by atoms with E-state index in [2.05, 4.69) is 38.2 Å². The summed E-state index contributed by atoms with van der Waals surface area (Å²) in [6.45, 7) is 4.73. The smallest absolute Gasteiger partial charge is 0.222 e. The normalized spacial score (nSPS) is 11.1. The van der Waals surface area contributed by atoms with Gasteiger partial charge >= 0.3 is 0 Å². The summed E-state index contributed by atoms with van der Waals surface area (Å²) >= 11 is 1.70. The van der Waals surface area contributed by atoms with Gasteiger partial charge in [0.15, 0.2) is 0 Å². The van der Waals surface area contributed by atoms with Crippen molar-refractivity contribution < 1.29 is 4.79 Å². The number of carbonyl (C=O) groups excluding carboxylic acids is 1. The maximum absolute atomic E-state index is 12.8. The number of nitrogens with zero attached hydrogens (tertiary/aromatic N) is 3. The van der Waals surface area contributed by atoms with E-state index >= 15 is 0 Å². The third-order valence-electron chi connectivity index (χ3n) is 5.70. The van der Waals surface area contributed by atoms with E-state index in [9.17, 15) is 4.79 Å². The molecular weight excluding hydrogens is 390 g/mol. The number of aryl methyl sites for hydroxylation is 1. The molecule has 4 nitrogen and oxygen atoms in total. The van der Waals surface area contributed by atoms with Crippen molar-refractivity contribution in [2.24, 2.45) is 0 Å². The van der Waals surface area contributed by atoms with E-state index in [1.807, 2.05) is 12.5 Å². The van der Waals surface area contributed by atoms with E-state index in [-0.39, 0.29) is 0 Å². The number of thiophene rings is 1. The highest BCUT2D eigenvalue weighted by atomic mass is 32.1. The van der Waals surface area contributed by atoms with Crippen molar-refractivity contribution in [2.75, 3.05) is 6.54 Å². The summed E-state index contributed by atoms with van der Waals surface area (Å²) in [6.07, 6.45) is 21.8. The lowest BCUT2D eigenvalue weighted by atomic mass is 10.1. The minimum atomic E-state index is 0.308. The number of rotatable bonds is 18. The average Bonchev–Trinajstić information content (AvgIpc) is 3.45. The second-order valence-corrected chi connectivity index (χ2v) is 9.17. The van der Waals surface area contributed by atoms with Gasteiger partial charge in [0, 0.05) is 38.4 Å². The molecular formula is C25H41N3OS. The van der Waals surface area contributed by atoms with Crippen LogP contribution in [0.1, 0.15) is 96.0 Å². The quantitative estimate of drug-likeness (QED) is 0.237. The van der Waals surface area contributed by atoms with Gasteiger partial charge in [-0.05, 0) is 35.2 Å². The molecule has 5 heteroatoms. The molecule has 0 atom stereocenters. The zero-order valence-electron chi connectivity index (χ0n) is 18.9. The first-order chi connectivity index (χ1) is 14.8. The number of unbranched alkanes of at least 4 members (excludes halogenated alkanes) is 10. The van der Waals surface area contributed by atoms with Crippen molar-refractivity contribution >= 4 is 17.2 Å². The van der Waals surface area contributed by atoms with E-state index in [0.29, 0.717) is 12.3 Å². The molecule has 2 aromatic heterocycles. The maximum atomic E-state index is 12.8. The largest absolute Gasteiger partial charge is 0.338 e. The summed E-state index contributed by atoms with van der Waals surface area (Å²) in [5.41, 5.74) is 1.25. The van der Waals surface area contributed by atoms with Gasteiger partial charge in [-0.25, -0.2) is 4.98 Å². The molecule has 2 aromatic rings. The highest BCUT2D eigenvalue weighted by Crippen LogP contribution is 2.15. The fraction of sp³-hybridized carbons (Fsp3) is 0.680. The Morgan fingerprint density at radius 3 is 2.30 bits per heavy atom. The summed E-state index contributed by atoms with van der Waals surface area (Å²) < 4.78 is 2.08. The molecule has 0 saturated carbocycles. The number of aromatic nitrogens is 2. The van der Waals surface area contributed by atoms with Crippen LogP contribution < -0.4 is 0 Å². The van der Waals surface area contributed by atoms with Crippen molar-refractivity contribution in [1.82, 2.24) is 14.5 Å². The van der Waals surface area contributed by atoms with E-state index in [1.165, 1.54) is 69.8 Å². The summed E-state index contributed by atoms with van der Waals surface area (Å²) in [5.74, 6) is 0.308. The number of amides is 1. The molecule has 1 amide bonds. The molecule has 0 unspecified atom stereocenters. The van der Waals surface area contributed by atoms with Gasteiger partial charge in [-0.1, -0.05) is 71.1 Å². The number of carbonyl (C=O) groups is 1. The third kappa shape index (κ3) is 11.0. The Bertz CT molecular complexity index is 639. The molecule has 30 heavy (non-hydrogen) atoms. The summed E-state index contributed by atoms with van der Waals surface area (Å²) in [5, 5.41) is 4.24. The first kappa shape index (κ1) is 24.6. The molecule has 0 radical (unpaired) electrons. The summed E-state index contributed by atoms with van der Waals surface area (Å²) in [7, 11) is 0. The third-order valence-corrected chi connectivity index (χ3v) is 6.44. The number of hydrogen-bond donors (Lipinski definition) is 0. The molecule has 0 aliphatic carbocycles. The predicted octanol–water partition coefficient (Wildman–Crippen LogP) is 7.06. The fourth-order valence-corrected chi connectivity index (χ4v) is 4.52. The lowest BCUT2D eigenvalue weighted by Crippen LogP contribution is -2.31. The van der Waals surface area contributed by atoms with Gasteiger partial charge in [-0.3, -0.25) is 4.79 Å². The standard InChI is InChI=1S/C25H41N3OS/c1-2-3-4-5-6-7-8-9-10-11-12-14-25(29)28(21-24-15-20-30-22-24)18-13-17-27-19-16-26-23-27/h15-16,19-20,22-23H,2-14,17-18,21H2,1H3. The summed E-state index contributed by atoms with van der Waals surface area (Å²) in [6, 6.07) is 2.13. The van der Waals surface area contributed by atoms with Gasteiger partial charge in [-0.15, -0.1) is 0 Å². The SMILES string of the molecule is CCCCCCCCCCCCCC(=O)N(CCCn1ccnc1)Cc1ccsc1. The maximum Gasteiger partial charge on any atom is 0.222 e. The first-order valence-electron chi connectivity index (χ1n) is 12.0. The average molecular weight is 432 g/mol. The van der Waals surface area contributed by atoms with Crippen LogP contribution in [-0.4, -0.2) is 26.9 Å². The lowest BCUT2D eigenvalue weighted by Gasteiger charge is -2.22. The van der Waals surface area contributed by atoms with Crippen molar-refractivity contribution in [2.45, 2.75) is 103 Å². The minimum Gasteiger partial charge on any atom is -0.338 e. The van der Waals surface area contributed by atoms with Gasteiger partial charge in [0.05, 0.1) is 6.33 Å². The second kappa shape index (κ2) is 16.1. The van der Waals surface area contributed by atoms with Gasteiger partial charge in [0.25, 0.3) is 0 Å². The van der Waals surface area contributed by atoms with E-state index in [0.717, 1.165) is 32.5 Å². The second-order valence-electron chi connectivity index (χ2n) is 8.39. The molecule has 0 aliphatic heterocycles. The van der Waals surface area contributed by atoms with Gasteiger partial charge in [0.2, 0.25) is 5.91 Å². The molecule has 0 bridgehead atoms. The Balaban J connectivity index is 1.58. The van der Waals surface area contributed by atoms with E-state index in [4.69, 9.17) is 0 Å². The van der Waals surface area contributed by atoms with Crippen LogP contribution in [0.25, 0.3) is 0 Å². The van der Waals surface area contributed by atoms with Crippen LogP contribution in [0.4, 0.5) is 0 Å². The highest BCUT2D eigenvalue weighted by Gasteiger charge is 2.14. The monoisotopic (exact) mass is 431 g/mol. The molecule has 0 N–H and O–H groups in total. The molecule has 0 aliphatic rings. The van der Waals surface area contributed by atoms with Gasteiger partial charge < -0.3 is 9.47 Å². The van der Waals surface area contributed by atoms with Gasteiger partial charge in [0.1, 0.15) is 0 Å². The number of hydrogen-bond acceptors (Lipinski definition) is 3. The Morgan fingerprint density at radius 1 is 1.00 bits per heavy atom. The Morgan fingerprint density at radius 2 is 1.70 bits per heavy atom. The molecule has 2 rings (SSSR count). The minimum absolute atomic E-state index is 0.308. The van der Waals surface area contributed by atoms with Crippen molar-refractivity contribution in [3.8, 4) is 0 Å².